The predicted octanol–water partition coefficient (Wildman–Crippen LogP) is 1.86. The van der Waals surface area contributed by atoms with Gasteiger partial charge in [-0.05, 0) is 31.2 Å². The van der Waals surface area contributed by atoms with Gasteiger partial charge in [0.25, 0.3) is 0 Å². The Labute approximate surface area is 85.2 Å². The normalized spacial score (nSPS) is 31.1. The molecule has 3 atom stereocenters. The number of aliphatic hydroxyl groups is 2. The Morgan fingerprint density at radius 2 is 2.42 bits per heavy atom. The lowest BCUT2D eigenvalue weighted by Gasteiger charge is -2.27. The summed E-state index contributed by atoms with van der Waals surface area (Å²) in [7, 11) is 0. The van der Waals surface area contributed by atoms with Crippen LogP contribution in [0.2, 0.25) is 0 Å². The molecule has 0 aromatic carbocycles. The zero-order valence-electron chi connectivity index (χ0n) is 7.12. The summed E-state index contributed by atoms with van der Waals surface area (Å²) < 4.78 is 0.345. The van der Waals surface area contributed by atoms with E-state index in [2.05, 4.69) is 15.9 Å². The molecule has 70 valence electrons. The first kappa shape index (κ1) is 10.6. The van der Waals surface area contributed by atoms with Crippen molar-refractivity contribution in [3.63, 3.8) is 0 Å². The Kier molecular flexibility index (Phi) is 3.26. The molecule has 2 N–H and O–H groups in total. The van der Waals surface area contributed by atoms with E-state index < -0.39 is 11.7 Å². The monoisotopic (exact) mass is 252 g/mol. The number of hydrogen-bond donors (Lipinski definition) is 2. The van der Waals surface area contributed by atoms with Crippen LogP contribution in [0, 0.1) is 0 Å². The first-order valence-corrected chi connectivity index (χ1v) is 5.70. The third-order valence-corrected chi connectivity index (χ3v) is 4.06. The first-order chi connectivity index (χ1) is 5.44. The molecule has 12 heavy (non-hydrogen) atoms. The first-order valence-electron chi connectivity index (χ1n) is 3.84. The van der Waals surface area contributed by atoms with Crippen LogP contribution in [0.4, 0.5) is 0 Å². The van der Waals surface area contributed by atoms with Gasteiger partial charge in [-0.25, -0.2) is 0 Å². The molecule has 0 amide bonds. The Balaban J connectivity index is 2.70. The van der Waals surface area contributed by atoms with E-state index in [0.717, 1.165) is 12.0 Å². The maximum Gasteiger partial charge on any atom is 0.109 e. The van der Waals surface area contributed by atoms with Crippen LogP contribution >= 0.6 is 27.7 Å². The van der Waals surface area contributed by atoms with Gasteiger partial charge in [0.15, 0.2) is 0 Å². The van der Waals surface area contributed by atoms with Crippen molar-refractivity contribution in [2.24, 2.45) is 0 Å². The lowest BCUT2D eigenvalue weighted by atomic mass is 9.90. The van der Waals surface area contributed by atoms with E-state index in [1.165, 1.54) is 0 Å². The van der Waals surface area contributed by atoms with Crippen LogP contribution in [0.15, 0.2) is 11.0 Å². The standard InChI is InChI=1S/C8H13BrO2S/c1-5(10)8(2,11)6-3-7(9)12-4-6/h4-5,7,10-11H,3H2,1-2H3. The van der Waals surface area contributed by atoms with Crippen molar-refractivity contribution in [1.29, 1.82) is 0 Å². The molecule has 0 fully saturated rings. The van der Waals surface area contributed by atoms with Crippen molar-refractivity contribution in [3.8, 4) is 0 Å². The van der Waals surface area contributed by atoms with Crippen molar-refractivity contribution in [2.75, 3.05) is 0 Å². The number of thioether (sulfide) groups is 1. The molecule has 0 aliphatic carbocycles. The molecule has 4 heteroatoms. The molecule has 2 nitrogen and oxygen atoms in total. The molecule has 3 unspecified atom stereocenters. The van der Waals surface area contributed by atoms with Crippen LogP contribution < -0.4 is 0 Å². The molecule has 0 spiro atoms. The van der Waals surface area contributed by atoms with Gasteiger partial charge in [-0.15, -0.1) is 11.8 Å². The summed E-state index contributed by atoms with van der Waals surface area (Å²) in [5, 5.41) is 21.1. The van der Waals surface area contributed by atoms with Gasteiger partial charge in [-0.2, -0.15) is 0 Å². The summed E-state index contributed by atoms with van der Waals surface area (Å²) in [5.74, 6) is 0. The fourth-order valence-corrected chi connectivity index (χ4v) is 2.61. The third-order valence-electron chi connectivity index (χ3n) is 2.20. The Morgan fingerprint density at radius 1 is 1.83 bits per heavy atom. The molecule has 0 saturated heterocycles. The largest absolute Gasteiger partial charge is 0.390 e. The van der Waals surface area contributed by atoms with Gasteiger partial charge in [-0.1, -0.05) is 15.9 Å². The van der Waals surface area contributed by atoms with E-state index in [-0.39, 0.29) is 0 Å². The molecule has 1 heterocycles. The van der Waals surface area contributed by atoms with Gasteiger partial charge in [0.05, 0.1) is 10.3 Å². The van der Waals surface area contributed by atoms with Gasteiger partial charge in [0.2, 0.25) is 0 Å². The van der Waals surface area contributed by atoms with E-state index in [0.29, 0.717) is 4.16 Å². The van der Waals surface area contributed by atoms with E-state index in [1.807, 2.05) is 5.41 Å². The van der Waals surface area contributed by atoms with Crippen molar-refractivity contribution < 1.29 is 10.2 Å². The number of hydrogen-bond acceptors (Lipinski definition) is 3. The van der Waals surface area contributed by atoms with Crippen LogP contribution in [0.5, 0.6) is 0 Å². The minimum Gasteiger partial charge on any atom is -0.390 e. The second-order valence-corrected chi connectivity index (χ2v) is 6.01. The number of halogens is 1. The highest BCUT2D eigenvalue weighted by Crippen LogP contribution is 2.39. The van der Waals surface area contributed by atoms with Crippen LogP contribution in [-0.2, 0) is 0 Å². The van der Waals surface area contributed by atoms with Gasteiger partial charge < -0.3 is 10.2 Å². The highest BCUT2D eigenvalue weighted by Gasteiger charge is 2.34. The molecule has 1 aliphatic heterocycles. The van der Waals surface area contributed by atoms with E-state index in [1.54, 1.807) is 25.6 Å². The van der Waals surface area contributed by atoms with Crippen molar-refractivity contribution in [2.45, 2.75) is 36.1 Å². The molecule has 0 aromatic heterocycles. The Bertz CT molecular complexity index is 201. The van der Waals surface area contributed by atoms with Crippen LogP contribution in [-0.4, -0.2) is 26.1 Å². The molecule has 0 radical (unpaired) electrons. The third kappa shape index (κ3) is 2.05. The molecular formula is C8H13BrO2S. The van der Waals surface area contributed by atoms with Crippen LogP contribution in [0.1, 0.15) is 20.3 Å². The number of rotatable bonds is 2. The zero-order chi connectivity index (χ0) is 9.35. The van der Waals surface area contributed by atoms with Gasteiger partial charge in [0.1, 0.15) is 5.60 Å². The summed E-state index contributed by atoms with van der Waals surface area (Å²) in [6.07, 6.45) is 0.0740. The average molecular weight is 253 g/mol. The summed E-state index contributed by atoms with van der Waals surface area (Å²) in [6.45, 7) is 3.25. The summed E-state index contributed by atoms with van der Waals surface area (Å²) in [6, 6.07) is 0. The van der Waals surface area contributed by atoms with E-state index >= 15 is 0 Å². The number of alkyl halides is 1. The Hall–Kier alpha value is 0.490. The fourth-order valence-electron chi connectivity index (χ4n) is 1.02. The number of aliphatic hydroxyl groups excluding tert-OH is 1. The maximum atomic E-state index is 9.86. The van der Waals surface area contributed by atoms with E-state index in [9.17, 15) is 10.2 Å². The van der Waals surface area contributed by atoms with Gasteiger partial charge in [0, 0.05) is 0 Å². The minimum absolute atomic E-state index is 0.345. The fraction of sp³-hybridized carbons (Fsp3) is 0.750. The quantitative estimate of drug-likeness (QED) is 0.738. The lowest BCUT2D eigenvalue weighted by Crippen LogP contribution is -2.38. The molecular weight excluding hydrogens is 240 g/mol. The maximum absolute atomic E-state index is 9.86. The second kappa shape index (κ2) is 3.70. The van der Waals surface area contributed by atoms with Crippen LogP contribution in [0.25, 0.3) is 0 Å². The molecule has 0 bridgehead atoms. The summed E-state index contributed by atoms with van der Waals surface area (Å²) in [4.78, 5) is 0. The van der Waals surface area contributed by atoms with Gasteiger partial charge in [-0.3, -0.25) is 0 Å². The van der Waals surface area contributed by atoms with E-state index in [4.69, 9.17) is 0 Å². The lowest BCUT2D eigenvalue weighted by molar-refractivity contribution is -0.0253. The molecule has 1 rings (SSSR count). The molecule has 1 aliphatic rings. The summed E-state index contributed by atoms with van der Waals surface area (Å²) >= 11 is 5.07. The highest BCUT2D eigenvalue weighted by atomic mass is 79.9. The topological polar surface area (TPSA) is 40.5 Å². The summed E-state index contributed by atoms with van der Waals surface area (Å²) in [5.41, 5.74) is -0.167. The zero-order valence-corrected chi connectivity index (χ0v) is 9.52. The minimum atomic E-state index is -1.07. The van der Waals surface area contributed by atoms with Crippen molar-refractivity contribution >= 4 is 27.7 Å². The second-order valence-electron chi connectivity index (χ2n) is 3.22. The highest BCUT2D eigenvalue weighted by molar-refractivity contribution is 9.11. The van der Waals surface area contributed by atoms with Crippen molar-refractivity contribution in [1.82, 2.24) is 0 Å². The molecule has 0 saturated carbocycles. The SMILES string of the molecule is CC(O)C(C)(O)C1=CSC(Br)C1. The van der Waals surface area contributed by atoms with Crippen LogP contribution in [0.3, 0.4) is 0 Å². The predicted molar refractivity (Wildman–Crippen MR) is 55.3 cm³/mol. The van der Waals surface area contributed by atoms with Crippen molar-refractivity contribution in [3.05, 3.63) is 11.0 Å². The van der Waals surface area contributed by atoms with Gasteiger partial charge >= 0.3 is 0 Å². The average Bonchev–Trinajstić information content (AvgIpc) is 2.35. The Morgan fingerprint density at radius 3 is 2.75 bits per heavy atom. The molecule has 0 aromatic rings. The smallest absolute Gasteiger partial charge is 0.109 e.